The summed E-state index contributed by atoms with van der Waals surface area (Å²) in [5.74, 6) is 5.83. The molecule has 5 nitrogen and oxygen atoms in total. The van der Waals surface area contributed by atoms with E-state index in [9.17, 15) is 18.4 Å². The molecule has 0 bridgehead atoms. The van der Waals surface area contributed by atoms with Crippen molar-refractivity contribution in [1.82, 2.24) is 14.5 Å². The average molecular weight is 516 g/mol. The van der Waals surface area contributed by atoms with E-state index < -0.39 is 18.1 Å². The van der Waals surface area contributed by atoms with Gasteiger partial charge in [0.05, 0.1) is 41.3 Å². The van der Waals surface area contributed by atoms with Gasteiger partial charge >= 0.3 is 6.18 Å². The quantitative estimate of drug-likeness (QED) is 0.275. The Labute approximate surface area is 220 Å². The normalized spacial score (nSPS) is 11.6. The number of hydrogen-bond donors (Lipinski definition) is 1. The minimum atomic E-state index is -4.37. The third-order valence-corrected chi connectivity index (χ3v) is 6.24. The van der Waals surface area contributed by atoms with E-state index in [1.807, 2.05) is 30.5 Å². The van der Waals surface area contributed by atoms with E-state index in [-0.39, 0.29) is 6.54 Å². The van der Waals surface area contributed by atoms with Crippen LogP contribution in [0.1, 0.15) is 42.8 Å². The zero-order valence-corrected chi connectivity index (χ0v) is 21.3. The van der Waals surface area contributed by atoms with Gasteiger partial charge in [-0.15, -0.1) is 0 Å². The first-order chi connectivity index (χ1) is 18.1. The number of hydrogen-bond acceptors (Lipinski definition) is 4. The second-order valence-corrected chi connectivity index (χ2v) is 9.66. The smallest absolute Gasteiger partial charge is 0.373 e. The standard InChI is InChI=1S/C30H28F3N5/c1-29(2,20-34)28-13-11-25(19-37-28)36-15-5-9-26-17-24-16-22(6-3-7-23-8-4-14-35-18-23)10-12-27(24)38(26)21-30(31,32)33/h4,8,10-14,16-19,36H,3,6-7,15,21H2,1-2H3. The van der Waals surface area contributed by atoms with Crippen molar-refractivity contribution in [2.45, 2.75) is 51.2 Å². The first-order valence-electron chi connectivity index (χ1n) is 12.3. The van der Waals surface area contributed by atoms with Crippen molar-refractivity contribution in [1.29, 1.82) is 5.26 Å². The number of alkyl halides is 3. The highest BCUT2D eigenvalue weighted by Gasteiger charge is 2.29. The Kier molecular flexibility index (Phi) is 8.02. The van der Waals surface area contributed by atoms with E-state index >= 15 is 0 Å². The molecule has 3 aromatic heterocycles. The van der Waals surface area contributed by atoms with Crippen LogP contribution < -0.4 is 5.32 Å². The van der Waals surface area contributed by atoms with Gasteiger partial charge in [0.2, 0.25) is 0 Å². The third kappa shape index (κ3) is 6.92. The number of halogens is 3. The van der Waals surface area contributed by atoms with Crippen molar-refractivity contribution in [3.8, 4) is 17.9 Å². The van der Waals surface area contributed by atoms with Gasteiger partial charge in [-0.2, -0.15) is 18.4 Å². The number of nitrogens with one attached hydrogen (secondary N) is 1. The molecule has 0 amide bonds. The van der Waals surface area contributed by atoms with Gasteiger partial charge in [0.25, 0.3) is 0 Å². The predicted molar refractivity (Wildman–Crippen MR) is 142 cm³/mol. The Bertz CT molecular complexity index is 1490. The van der Waals surface area contributed by atoms with Gasteiger partial charge in [-0.25, -0.2) is 0 Å². The zero-order valence-electron chi connectivity index (χ0n) is 21.3. The summed E-state index contributed by atoms with van der Waals surface area (Å²) in [6.45, 7) is 2.71. The Hall–Kier alpha value is -4.30. The topological polar surface area (TPSA) is 66.5 Å². The maximum Gasteiger partial charge on any atom is 0.406 e. The fourth-order valence-electron chi connectivity index (χ4n) is 4.18. The van der Waals surface area contributed by atoms with Gasteiger partial charge in [-0.1, -0.05) is 18.1 Å². The lowest BCUT2D eigenvalue weighted by Gasteiger charge is -2.14. The Morgan fingerprint density at radius 2 is 1.82 bits per heavy atom. The first kappa shape index (κ1) is 26.8. The lowest BCUT2D eigenvalue weighted by atomic mass is 9.91. The van der Waals surface area contributed by atoms with E-state index in [0.717, 1.165) is 35.8 Å². The predicted octanol–water partition coefficient (Wildman–Crippen LogP) is 6.43. The van der Waals surface area contributed by atoms with Crippen molar-refractivity contribution in [3.05, 3.63) is 89.6 Å². The van der Waals surface area contributed by atoms with Gasteiger partial charge in [-0.3, -0.25) is 9.97 Å². The molecule has 0 atom stereocenters. The van der Waals surface area contributed by atoms with Gasteiger partial charge in [0.15, 0.2) is 0 Å². The van der Waals surface area contributed by atoms with Crippen LogP contribution in [0.4, 0.5) is 18.9 Å². The fraction of sp³-hybridized carbons (Fsp3) is 0.300. The van der Waals surface area contributed by atoms with E-state index in [4.69, 9.17) is 0 Å². The first-order valence-corrected chi connectivity index (χ1v) is 12.3. The van der Waals surface area contributed by atoms with Crippen LogP contribution in [0, 0.1) is 23.2 Å². The molecule has 0 aliphatic carbocycles. The van der Waals surface area contributed by atoms with Gasteiger partial charge < -0.3 is 9.88 Å². The molecule has 38 heavy (non-hydrogen) atoms. The lowest BCUT2D eigenvalue weighted by molar-refractivity contribution is -0.140. The number of benzene rings is 1. The van der Waals surface area contributed by atoms with Gasteiger partial charge in [0, 0.05) is 23.3 Å². The van der Waals surface area contributed by atoms with Crippen LogP contribution in [-0.4, -0.2) is 27.3 Å². The SMILES string of the molecule is CC(C)(C#N)c1ccc(NCC#Cc2cc3cc(CCCc4cccnc4)ccc3n2CC(F)(F)F)cn1. The number of anilines is 1. The van der Waals surface area contributed by atoms with Crippen LogP contribution in [-0.2, 0) is 24.8 Å². The van der Waals surface area contributed by atoms with Crippen molar-refractivity contribution >= 4 is 16.6 Å². The number of rotatable bonds is 8. The summed E-state index contributed by atoms with van der Waals surface area (Å²) < 4.78 is 41.3. The molecule has 0 unspecified atom stereocenters. The van der Waals surface area contributed by atoms with Crippen molar-refractivity contribution in [2.24, 2.45) is 0 Å². The molecule has 0 saturated heterocycles. The molecule has 4 aromatic rings. The monoisotopic (exact) mass is 515 g/mol. The number of aryl methyl sites for hydroxylation is 2. The number of pyridine rings is 2. The van der Waals surface area contributed by atoms with Gasteiger partial charge in [0.1, 0.15) is 6.54 Å². The third-order valence-electron chi connectivity index (χ3n) is 6.24. The maximum absolute atomic E-state index is 13.4. The summed E-state index contributed by atoms with van der Waals surface area (Å²) in [6.07, 6.45) is 3.47. The van der Waals surface area contributed by atoms with E-state index in [0.29, 0.717) is 22.6 Å². The summed E-state index contributed by atoms with van der Waals surface area (Å²) in [7, 11) is 0. The molecule has 0 saturated carbocycles. The van der Waals surface area contributed by atoms with Crippen molar-refractivity contribution < 1.29 is 13.2 Å². The van der Waals surface area contributed by atoms with Crippen LogP contribution in [0.5, 0.6) is 0 Å². The number of nitrogens with zero attached hydrogens (tertiary/aromatic N) is 4. The number of fused-ring (bicyclic) bond motifs is 1. The molecule has 194 valence electrons. The van der Waals surface area contributed by atoms with Crippen molar-refractivity contribution in [2.75, 3.05) is 11.9 Å². The van der Waals surface area contributed by atoms with Crippen molar-refractivity contribution in [3.63, 3.8) is 0 Å². The molecule has 3 heterocycles. The highest BCUT2D eigenvalue weighted by atomic mass is 19.4. The molecular formula is C30H28F3N5. The summed E-state index contributed by atoms with van der Waals surface area (Å²) >= 11 is 0. The van der Waals surface area contributed by atoms with E-state index in [1.54, 1.807) is 50.5 Å². The Balaban J connectivity index is 1.47. The van der Waals surface area contributed by atoms with Gasteiger partial charge in [-0.05, 0) is 86.6 Å². The Morgan fingerprint density at radius 1 is 1.00 bits per heavy atom. The maximum atomic E-state index is 13.4. The molecule has 4 rings (SSSR count). The fourth-order valence-corrected chi connectivity index (χ4v) is 4.18. The van der Waals surface area contributed by atoms with Crippen LogP contribution in [0.2, 0.25) is 0 Å². The molecule has 8 heteroatoms. The number of aromatic nitrogens is 3. The minimum absolute atomic E-state index is 0.232. The second kappa shape index (κ2) is 11.4. The number of nitriles is 1. The molecule has 1 aromatic carbocycles. The van der Waals surface area contributed by atoms with Crippen LogP contribution in [0.3, 0.4) is 0 Å². The molecule has 0 fully saturated rings. The Morgan fingerprint density at radius 3 is 2.50 bits per heavy atom. The van der Waals surface area contributed by atoms with Crippen LogP contribution >= 0.6 is 0 Å². The summed E-state index contributed by atoms with van der Waals surface area (Å²) in [5.41, 5.74) is 3.74. The molecule has 0 aliphatic rings. The highest BCUT2D eigenvalue weighted by Crippen LogP contribution is 2.27. The van der Waals surface area contributed by atoms with E-state index in [1.165, 1.54) is 4.57 Å². The summed E-state index contributed by atoms with van der Waals surface area (Å²) in [6, 6.07) is 17.0. The lowest BCUT2D eigenvalue weighted by Crippen LogP contribution is -2.18. The minimum Gasteiger partial charge on any atom is -0.373 e. The average Bonchev–Trinajstić information content (AvgIpc) is 3.22. The summed E-state index contributed by atoms with van der Waals surface area (Å²) in [5, 5.41) is 13.1. The molecular weight excluding hydrogens is 487 g/mol. The molecule has 1 N–H and O–H groups in total. The summed E-state index contributed by atoms with van der Waals surface area (Å²) in [4.78, 5) is 8.45. The molecule has 0 radical (unpaired) electrons. The highest BCUT2D eigenvalue weighted by molar-refractivity contribution is 5.83. The molecule has 0 aliphatic heterocycles. The largest absolute Gasteiger partial charge is 0.406 e. The zero-order chi connectivity index (χ0) is 27.2. The second-order valence-electron chi connectivity index (χ2n) is 9.66. The molecule has 0 spiro atoms. The van der Waals surface area contributed by atoms with Crippen LogP contribution in [0.25, 0.3) is 10.9 Å². The van der Waals surface area contributed by atoms with E-state index in [2.05, 4.69) is 33.2 Å². The van der Waals surface area contributed by atoms with Crippen LogP contribution in [0.15, 0.2) is 67.1 Å².